The Morgan fingerprint density at radius 1 is 1.00 bits per heavy atom. The minimum atomic E-state index is -4.54. The van der Waals surface area contributed by atoms with Crippen LogP contribution in [0, 0.1) is 12.8 Å². The fraction of sp³-hybridized carbons (Fsp3) is 0.429. The number of halogens is 3. The van der Waals surface area contributed by atoms with Gasteiger partial charge in [0.05, 0.1) is 0 Å². The van der Waals surface area contributed by atoms with Crippen molar-refractivity contribution in [3.05, 3.63) is 82.4 Å². The van der Waals surface area contributed by atoms with E-state index in [1.54, 1.807) is 11.1 Å². The minimum Gasteiger partial charge on any atom is -0.364 e. The van der Waals surface area contributed by atoms with E-state index in [0.717, 1.165) is 42.0 Å². The predicted octanol–water partition coefficient (Wildman–Crippen LogP) is 4.65. The van der Waals surface area contributed by atoms with E-state index >= 15 is 0 Å². The van der Waals surface area contributed by atoms with Gasteiger partial charge in [0, 0.05) is 30.9 Å². The number of piperidine rings is 1. The van der Waals surface area contributed by atoms with Crippen LogP contribution < -0.4 is 5.73 Å². The van der Waals surface area contributed by atoms with Crippen molar-refractivity contribution in [2.45, 2.75) is 57.2 Å². The van der Waals surface area contributed by atoms with Gasteiger partial charge in [-0.15, -0.1) is 0 Å². The van der Waals surface area contributed by atoms with Gasteiger partial charge >= 0.3 is 6.18 Å². The van der Waals surface area contributed by atoms with E-state index in [9.17, 15) is 22.8 Å². The topological polar surface area (TPSA) is 94.1 Å². The van der Waals surface area contributed by atoms with Gasteiger partial charge in [-0.3, -0.25) is 19.3 Å². The summed E-state index contributed by atoms with van der Waals surface area (Å²) >= 11 is 0. The Kier molecular flexibility index (Phi) is 6.98. The molecule has 3 heterocycles. The smallest absolute Gasteiger partial charge is 0.364 e. The zero-order chi connectivity index (χ0) is 27.0. The molecular weight excluding hydrogens is 495 g/mol. The number of rotatable bonds is 5. The van der Waals surface area contributed by atoms with Crippen molar-refractivity contribution in [3.8, 4) is 0 Å². The van der Waals surface area contributed by atoms with Crippen LogP contribution in [-0.2, 0) is 17.5 Å². The van der Waals surface area contributed by atoms with Gasteiger partial charge in [0.1, 0.15) is 12.2 Å². The number of fused-ring (bicyclic) bond motifs is 1. The normalized spacial score (nSPS) is 20.3. The van der Waals surface area contributed by atoms with Crippen molar-refractivity contribution in [1.82, 2.24) is 19.7 Å². The predicted molar refractivity (Wildman–Crippen MR) is 134 cm³/mol. The average Bonchev–Trinajstić information content (AvgIpc) is 3.28. The van der Waals surface area contributed by atoms with Crippen molar-refractivity contribution < 1.29 is 22.8 Å². The van der Waals surface area contributed by atoms with E-state index in [4.69, 9.17) is 5.73 Å². The van der Waals surface area contributed by atoms with Gasteiger partial charge in [-0.05, 0) is 73.3 Å². The molecule has 2 aliphatic rings. The molecule has 200 valence electrons. The minimum absolute atomic E-state index is 0.0409. The maximum absolute atomic E-state index is 13.0. The van der Waals surface area contributed by atoms with Crippen LogP contribution in [0.4, 0.5) is 13.2 Å². The van der Waals surface area contributed by atoms with Crippen LogP contribution in [0.25, 0.3) is 0 Å². The molecule has 2 aromatic heterocycles. The molecule has 0 saturated carbocycles. The number of aryl methyl sites for hydroxylation is 1. The largest absolute Gasteiger partial charge is 0.435 e. The molecule has 1 aliphatic heterocycles. The van der Waals surface area contributed by atoms with Gasteiger partial charge in [0.2, 0.25) is 5.91 Å². The molecule has 3 aromatic rings. The monoisotopic (exact) mass is 525 g/mol. The lowest BCUT2D eigenvalue weighted by Gasteiger charge is -2.40. The number of amides is 2. The SMILES string of the molecule is Cc1cc(C(F)(F)F)nn1CC(=O)N1CCC(C2CCC(c3cccnc3C(N)=O)c3ccccc32)CC1. The van der Waals surface area contributed by atoms with Crippen LogP contribution in [0.1, 0.15) is 76.1 Å². The fourth-order valence-electron chi connectivity index (χ4n) is 6.13. The number of hydrogen-bond acceptors (Lipinski definition) is 4. The first-order valence-electron chi connectivity index (χ1n) is 12.9. The Balaban J connectivity index is 1.27. The second-order valence-corrected chi connectivity index (χ2v) is 10.2. The van der Waals surface area contributed by atoms with E-state index in [-0.39, 0.29) is 18.4 Å². The Hall–Kier alpha value is -3.69. The number of carbonyl (C=O) groups excluding carboxylic acids is 2. The second-order valence-electron chi connectivity index (χ2n) is 10.2. The van der Waals surface area contributed by atoms with Crippen LogP contribution >= 0.6 is 0 Å². The number of aromatic nitrogens is 3. The Morgan fingerprint density at radius 2 is 1.68 bits per heavy atom. The van der Waals surface area contributed by atoms with Gasteiger partial charge in [0.25, 0.3) is 5.91 Å². The molecule has 1 fully saturated rings. The highest BCUT2D eigenvalue weighted by molar-refractivity contribution is 5.92. The van der Waals surface area contributed by atoms with Crippen LogP contribution in [0.5, 0.6) is 0 Å². The molecule has 38 heavy (non-hydrogen) atoms. The molecule has 1 aliphatic carbocycles. The number of nitrogens with two attached hydrogens (primary N) is 1. The Bertz CT molecular complexity index is 1340. The maximum Gasteiger partial charge on any atom is 0.435 e. The summed E-state index contributed by atoms with van der Waals surface area (Å²) in [6, 6.07) is 13.0. The fourth-order valence-corrected chi connectivity index (χ4v) is 6.13. The average molecular weight is 526 g/mol. The number of hydrogen-bond donors (Lipinski definition) is 1. The van der Waals surface area contributed by atoms with Crippen LogP contribution in [0.3, 0.4) is 0 Å². The summed E-state index contributed by atoms with van der Waals surface area (Å²) in [7, 11) is 0. The number of primary amides is 1. The van der Waals surface area contributed by atoms with Crippen molar-refractivity contribution in [3.63, 3.8) is 0 Å². The third kappa shape index (κ3) is 5.04. The summed E-state index contributed by atoms with van der Waals surface area (Å²) in [6.45, 7) is 2.44. The number of benzene rings is 1. The Labute approximate surface area is 218 Å². The summed E-state index contributed by atoms with van der Waals surface area (Å²) in [5.41, 5.74) is 8.56. The van der Waals surface area contributed by atoms with Crippen LogP contribution in [0.2, 0.25) is 0 Å². The van der Waals surface area contributed by atoms with Gasteiger partial charge in [0.15, 0.2) is 5.69 Å². The van der Waals surface area contributed by atoms with Gasteiger partial charge in [-0.25, -0.2) is 0 Å². The number of pyridine rings is 1. The summed E-state index contributed by atoms with van der Waals surface area (Å²) in [5.74, 6) is 0.00414. The van der Waals surface area contributed by atoms with Crippen molar-refractivity contribution >= 4 is 11.8 Å². The number of likely N-dealkylation sites (tertiary alicyclic amines) is 1. The van der Waals surface area contributed by atoms with E-state index < -0.39 is 17.8 Å². The van der Waals surface area contributed by atoms with E-state index in [1.807, 2.05) is 24.3 Å². The third-order valence-corrected chi connectivity index (χ3v) is 8.00. The lowest BCUT2D eigenvalue weighted by Crippen LogP contribution is -2.42. The molecule has 2 unspecified atom stereocenters. The molecule has 0 spiro atoms. The van der Waals surface area contributed by atoms with E-state index in [0.29, 0.717) is 36.3 Å². The molecular formula is C28H30F3N5O2. The first kappa shape index (κ1) is 25.9. The van der Waals surface area contributed by atoms with E-state index in [1.165, 1.54) is 18.1 Å². The Morgan fingerprint density at radius 3 is 2.34 bits per heavy atom. The molecule has 7 nitrogen and oxygen atoms in total. The molecule has 2 N–H and O–H groups in total. The summed E-state index contributed by atoms with van der Waals surface area (Å²) in [5, 5.41) is 3.59. The summed E-state index contributed by atoms with van der Waals surface area (Å²) < 4.78 is 40.1. The summed E-state index contributed by atoms with van der Waals surface area (Å²) in [6.07, 6.45) is 0.499. The number of carbonyl (C=O) groups is 2. The van der Waals surface area contributed by atoms with Gasteiger partial charge in [-0.2, -0.15) is 18.3 Å². The highest BCUT2D eigenvalue weighted by atomic mass is 19.4. The van der Waals surface area contributed by atoms with Gasteiger partial charge in [-0.1, -0.05) is 30.3 Å². The van der Waals surface area contributed by atoms with Crippen molar-refractivity contribution in [2.75, 3.05) is 13.1 Å². The first-order chi connectivity index (χ1) is 18.1. The second kappa shape index (κ2) is 10.2. The molecule has 5 rings (SSSR count). The number of alkyl halides is 3. The molecule has 2 amide bonds. The highest BCUT2D eigenvalue weighted by Crippen LogP contribution is 2.47. The van der Waals surface area contributed by atoms with Crippen molar-refractivity contribution in [1.29, 1.82) is 0 Å². The molecule has 1 aromatic carbocycles. The molecule has 0 radical (unpaired) electrons. The number of nitrogens with zero attached hydrogens (tertiary/aromatic N) is 4. The lowest BCUT2D eigenvalue weighted by molar-refractivity contribution is -0.142. The summed E-state index contributed by atoms with van der Waals surface area (Å²) in [4.78, 5) is 30.9. The quantitative estimate of drug-likeness (QED) is 0.525. The highest BCUT2D eigenvalue weighted by Gasteiger charge is 2.37. The molecule has 1 saturated heterocycles. The van der Waals surface area contributed by atoms with Gasteiger partial charge < -0.3 is 10.6 Å². The third-order valence-electron chi connectivity index (χ3n) is 8.00. The molecule has 0 bridgehead atoms. The molecule has 2 atom stereocenters. The van der Waals surface area contributed by atoms with Crippen LogP contribution in [-0.4, -0.2) is 44.6 Å². The zero-order valence-electron chi connectivity index (χ0n) is 21.1. The first-order valence-corrected chi connectivity index (χ1v) is 12.9. The van der Waals surface area contributed by atoms with Crippen molar-refractivity contribution in [2.24, 2.45) is 11.7 Å². The zero-order valence-corrected chi connectivity index (χ0v) is 21.1. The van der Waals surface area contributed by atoms with Crippen LogP contribution in [0.15, 0.2) is 48.7 Å². The molecule has 10 heteroatoms. The standard InChI is InChI=1S/C28H30F3N5O2/c1-17-15-24(28(29,30)31)34-36(17)16-25(37)35-13-10-18(11-14-35)19-8-9-22(21-6-3-2-5-20(19)21)23-7-4-12-33-26(23)27(32)38/h2-7,12,15,18-19,22H,8-11,13-14,16H2,1H3,(H2,32,38). The lowest BCUT2D eigenvalue weighted by atomic mass is 9.68. The maximum atomic E-state index is 13.0. The van der Waals surface area contributed by atoms with E-state index in [2.05, 4.69) is 22.2 Å².